The second kappa shape index (κ2) is 11.5. The van der Waals surface area contributed by atoms with E-state index in [0.717, 1.165) is 25.1 Å². The van der Waals surface area contributed by atoms with Crippen molar-refractivity contribution in [1.29, 1.82) is 0 Å². The van der Waals surface area contributed by atoms with Gasteiger partial charge < -0.3 is 24.2 Å². The molecule has 1 amide bonds. The van der Waals surface area contributed by atoms with E-state index in [1.165, 1.54) is 7.11 Å². The summed E-state index contributed by atoms with van der Waals surface area (Å²) in [4.78, 5) is 29.7. The van der Waals surface area contributed by atoms with Crippen LogP contribution < -0.4 is 0 Å². The molecule has 0 saturated carbocycles. The number of carbonyl (C=O) groups is 2. The molecule has 0 atom stereocenters. The maximum Gasteiger partial charge on any atom is 0.410 e. The second-order valence-corrected chi connectivity index (χ2v) is 6.68. The van der Waals surface area contributed by atoms with Crippen LogP contribution in [0.25, 0.3) is 0 Å². The molecule has 0 N–H and O–H groups in total. The van der Waals surface area contributed by atoms with Crippen LogP contribution >= 0.6 is 0 Å². The lowest BCUT2D eigenvalue weighted by atomic mass is 10.1. The van der Waals surface area contributed by atoms with E-state index in [1.54, 1.807) is 17.0 Å². The third kappa shape index (κ3) is 8.31. The van der Waals surface area contributed by atoms with Crippen molar-refractivity contribution in [1.82, 2.24) is 14.7 Å². The molecule has 26 heavy (non-hydrogen) atoms. The first-order chi connectivity index (χ1) is 12.3. The number of benzene rings is 1. The number of carbonyl (C=O) groups excluding carboxylic acids is 2. The van der Waals surface area contributed by atoms with Gasteiger partial charge in [0.2, 0.25) is 0 Å². The molecule has 146 valence electrons. The van der Waals surface area contributed by atoms with Crippen molar-refractivity contribution in [2.24, 2.45) is 0 Å². The Labute approximate surface area is 156 Å². The third-order valence-corrected chi connectivity index (χ3v) is 3.80. The molecule has 7 nitrogen and oxygen atoms in total. The van der Waals surface area contributed by atoms with Gasteiger partial charge in [0, 0.05) is 26.2 Å². The summed E-state index contributed by atoms with van der Waals surface area (Å²) in [5.74, 6) is -0.374. The van der Waals surface area contributed by atoms with Gasteiger partial charge in [-0.05, 0) is 52.3 Å². The molecule has 7 heteroatoms. The van der Waals surface area contributed by atoms with E-state index in [1.807, 2.05) is 45.2 Å². The first kappa shape index (κ1) is 21.9. The minimum absolute atomic E-state index is 0.317. The zero-order chi connectivity index (χ0) is 19.5. The average molecular weight is 365 g/mol. The molecule has 1 aromatic carbocycles. The van der Waals surface area contributed by atoms with Gasteiger partial charge in [0.25, 0.3) is 0 Å². The van der Waals surface area contributed by atoms with Crippen LogP contribution in [0.4, 0.5) is 4.79 Å². The molecular formula is C19H31N3O4. The summed E-state index contributed by atoms with van der Waals surface area (Å²) in [5.41, 5.74) is 1.42. The summed E-state index contributed by atoms with van der Waals surface area (Å²) in [6.45, 7) is 3.02. The van der Waals surface area contributed by atoms with E-state index >= 15 is 0 Å². The van der Waals surface area contributed by atoms with Crippen LogP contribution in [0.3, 0.4) is 0 Å². The summed E-state index contributed by atoms with van der Waals surface area (Å²) >= 11 is 0. The molecule has 0 aromatic heterocycles. The van der Waals surface area contributed by atoms with Crippen molar-refractivity contribution in [3.63, 3.8) is 0 Å². The van der Waals surface area contributed by atoms with Crippen molar-refractivity contribution < 1.29 is 19.1 Å². The van der Waals surface area contributed by atoms with Crippen molar-refractivity contribution in [3.05, 3.63) is 35.4 Å². The van der Waals surface area contributed by atoms with E-state index in [9.17, 15) is 9.59 Å². The highest BCUT2D eigenvalue weighted by Gasteiger charge is 2.16. The number of amides is 1. The molecule has 0 aliphatic heterocycles. The molecule has 1 aromatic rings. The Balaban J connectivity index is 2.66. The van der Waals surface area contributed by atoms with Gasteiger partial charge in [-0.1, -0.05) is 12.1 Å². The number of likely N-dealkylation sites (N-methyl/N-ethyl adjacent to an activating group) is 1. The van der Waals surface area contributed by atoms with E-state index in [0.29, 0.717) is 25.3 Å². The Morgan fingerprint density at radius 3 is 2.08 bits per heavy atom. The smallest absolute Gasteiger partial charge is 0.410 e. The fraction of sp³-hybridized carbons (Fsp3) is 0.579. The molecule has 0 aliphatic rings. The van der Waals surface area contributed by atoms with E-state index in [4.69, 9.17) is 9.47 Å². The quantitative estimate of drug-likeness (QED) is 0.466. The number of ether oxygens (including phenoxy) is 2. The van der Waals surface area contributed by atoms with Crippen LogP contribution in [-0.2, 0) is 16.0 Å². The standard InChI is InChI=1S/C19H31N3O4/c1-20(2)11-6-14-26-19(24)22(13-12-21(3)4)15-16-7-9-17(10-8-16)18(23)25-5/h7-10H,6,11-15H2,1-5H3. The van der Waals surface area contributed by atoms with Gasteiger partial charge in [-0.15, -0.1) is 0 Å². The molecule has 0 unspecified atom stereocenters. The fourth-order valence-corrected chi connectivity index (χ4v) is 2.27. The van der Waals surface area contributed by atoms with Crippen molar-refractivity contribution in [3.8, 4) is 0 Å². The largest absolute Gasteiger partial charge is 0.465 e. The monoisotopic (exact) mass is 365 g/mol. The van der Waals surface area contributed by atoms with Crippen LogP contribution in [-0.4, -0.2) is 88.3 Å². The Kier molecular flexibility index (Phi) is 9.69. The number of esters is 1. The molecule has 0 saturated heterocycles. The topological polar surface area (TPSA) is 62.3 Å². The van der Waals surface area contributed by atoms with Crippen molar-refractivity contribution in [2.75, 3.05) is 61.5 Å². The van der Waals surface area contributed by atoms with E-state index in [-0.39, 0.29) is 12.1 Å². The number of rotatable bonds is 10. The Morgan fingerprint density at radius 1 is 0.923 bits per heavy atom. The predicted molar refractivity (Wildman–Crippen MR) is 101 cm³/mol. The van der Waals surface area contributed by atoms with Crippen LogP contribution in [0.2, 0.25) is 0 Å². The van der Waals surface area contributed by atoms with Gasteiger partial charge in [-0.2, -0.15) is 0 Å². The molecule has 1 rings (SSSR count). The maximum absolute atomic E-state index is 12.4. The first-order valence-electron chi connectivity index (χ1n) is 8.72. The highest BCUT2D eigenvalue weighted by atomic mass is 16.6. The molecule has 0 heterocycles. The zero-order valence-electron chi connectivity index (χ0n) is 16.5. The Bertz CT molecular complexity index is 558. The molecule has 0 aliphatic carbocycles. The van der Waals surface area contributed by atoms with Gasteiger partial charge in [-0.25, -0.2) is 9.59 Å². The van der Waals surface area contributed by atoms with Crippen LogP contribution in [0, 0.1) is 0 Å². The SMILES string of the molecule is COC(=O)c1ccc(CN(CCN(C)C)C(=O)OCCCN(C)C)cc1. The summed E-state index contributed by atoms with van der Waals surface area (Å²) in [6, 6.07) is 7.06. The number of hydrogen-bond acceptors (Lipinski definition) is 6. The second-order valence-electron chi connectivity index (χ2n) is 6.68. The fourth-order valence-electron chi connectivity index (χ4n) is 2.27. The summed E-state index contributed by atoms with van der Waals surface area (Å²) in [6.07, 6.45) is 0.483. The number of hydrogen-bond donors (Lipinski definition) is 0. The molecule has 0 spiro atoms. The molecule has 0 radical (unpaired) electrons. The number of nitrogens with zero attached hydrogens (tertiary/aromatic N) is 3. The van der Waals surface area contributed by atoms with E-state index in [2.05, 4.69) is 4.90 Å². The molecule has 0 bridgehead atoms. The Hall–Kier alpha value is -2.12. The van der Waals surface area contributed by atoms with Crippen LogP contribution in [0.15, 0.2) is 24.3 Å². The zero-order valence-corrected chi connectivity index (χ0v) is 16.5. The third-order valence-electron chi connectivity index (χ3n) is 3.80. The van der Waals surface area contributed by atoms with Gasteiger partial charge in [-0.3, -0.25) is 0 Å². The highest BCUT2D eigenvalue weighted by molar-refractivity contribution is 5.89. The lowest BCUT2D eigenvalue weighted by molar-refractivity contribution is 0.0600. The minimum atomic E-state index is -0.374. The first-order valence-corrected chi connectivity index (χ1v) is 8.72. The lowest BCUT2D eigenvalue weighted by Crippen LogP contribution is -2.37. The van der Waals surface area contributed by atoms with Gasteiger partial charge in [0.15, 0.2) is 0 Å². The average Bonchev–Trinajstić information content (AvgIpc) is 2.61. The highest BCUT2D eigenvalue weighted by Crippen LogP contribution is 2.10. The molecule has 0 fully saturated rings. The van der Waals surface area contributed by atoms with Crippen molar-refractivity contribution >= 4 is 12.1 Å². The van der Waals surface area contributed by atoms with Gasteiger partial charge in [0.05, 0.1) is 19.3 Å². The van der Waals surface area contributed by atoms with Crippen LogP contribution in [0.1, 0.15) is 22.3 Å². The predicted octanol–water partition coefficient (Wildman–Crippen LogP) is 1.93. The van der Waals surface area contributed by atoms with Gasteiger partial charge >= 0.3 is 12.1 Å². The summed E-state index contributed by atoms with van der Waals surface area (Å²) < 4.78 is 10.1. The van der Waals surface area contributed by atoms with Gasteiger partial charge in [0.1, 0.15) is 0 Å². The van der Waals surface area contributed by atoms with Crippen molar-refractivity contribution in [2.45, 2.75) is 13.0 Å². The lowest BCUT2D eigenvalue weighted by Gasteiger charge is -2.24. The minimum Gasteiger partial charge on any atom is -0.465 e. The Morgan fingerprint density at radius 2 is 1.54 bits per heavy atom. The molecular weight excluding hydrogens is 334 g/mol. The number of methoxy groups -OCH3 is 1. The van der Waals surface area contributed by atoms with E-state index < -0.39 is 0 Å². The van der Waals surface area contributed by atoms with Crippen LogP contribution in [0.5, 0.6) is 0 Å². The normalized spacial score (nSPS) is 10.9. The maximum atomic E-state index is 12.4. The summed E-state index contributed by atoms with van der Waals surface area (Å²) in [7, 11) is 9.26. The summed E-state index contributed by atoms with van der Waals surface area (Å²) in [5, 5.41) is 0.